The summed E-state index contributed by atoms with van der Waals surface area (Å²) in [7, 11) is 0. The highest BCUT2D eigenvalue weighted by atomic mass is 19.2. The highest BCUT2D eigenvalue weighted by Crippen LogP contribution is 2.47. The lowest BCUT2D eigenvalue weighted by molar-refractivity contribution is -0.0146. The van der Waals surface area contributed by atoms with Gasteiger partial charge in [0.05, 0.1) is 0 Å². The van der Waals surface area contributed by atoms with Crippen LogP contribution in [0, 0.1) is 23.7 Å². The topological polar surface area (TPSA) is 0 Å². The van der Waals surface area contributed by atoms with Gasteiger partial charge < -0.3 is 0 Å². The van der Waals surface area contributed by atoms with Crippen molar-refractivity contribution in [1.29, 1.82) is 0 Å². The van der Waals surface area contributed by atoms with Crippen molar-refractivity contribution in [1.82, 2.24) is 0 Å². The Morgan fingerprint density at radius 2 is 1.75 bits per heavy atom. The molecule has 0 aromatic heterocycles. The number of halogens is 2. The van der Waals surface area contributed by atoms with Gasteiger partial charge in [-0.2, -0.15) is 0 Å². The van der Waals surface area contributed by atoms with Gasteiger partial charge in [-0.05, 0) is 55.8 Å². The van der Waals surface area contributed by atoms with Crippen molar-refractivity contribution in [2.24, 2.45) is 23.7 Å². The van der Waals surface area contributed by atoms with E-state index < -0.39 is 12.3 Å². The average Bonchev–Trinajstić information content (AvgIpc) is 2.47. The second-order valence-electron chi connectivity index (χ2n) is 7.23. The summed E-state index contributed by atoms with van der Waals surface area (Å²) in [6.45, 7) is 4.53. The maximum Gasteiger partial charge on any atom is 0.134 e. The smallest absolute Gasteiger partial charge is 0.134 e. The summed E-state index contributed by atoms with van der Waals surface area (Å²) >= 11 is 0. The molecular weight excluding hydrogens is 254 g/mol. The second kappa shape index (κ2) is 7.75. The molecule has 0 aromatic rings. The molecule has 2 rings (SSSR count). The summed E-state index contributed by atoms with van der Waals surface area (Å²) in [5.41, 5.74) is 0. The van der Waals surface area contributed by atoms with Crippen LogP contribution in [0.15, 0.2) is 0 Å². The van der Waals surface area contributed by atoms with E-state index >= 15 is 0 Å². The molecule has 0 heterocycles. The molecule has 2 heteroatoms. The van der Waals surface area contributed by atoms with Gasteiger partial charge in [-0.3, -0.25) is 0 Å². The Morgan fingerprint density at radius 1 is 0.950 bits per heavy atom. The van der Waals surface area contributed by atoms with Gasteiger partial charge in [0.1, 0.15) is 12.3 Å². The normalized spacial score (nSPS) is 39.3. The monoisotopic (exact) mass is 286 g/mol. The summed E-state index contributed by atoms with van der Waals surface area (Å²) in [5.74, 6) is 2.12. The minimum absolute atomic E-state index is 0.0310. The third kappa shape index (κ3) is 3.74. The van der Waals surface area contributed by atoms with Crippen LogP contribution in [0.4, 0.5) is 8.78 Å². The van der Waals surface area contributed by atoms with E-state index in [-0.39, 0.29) is 5.92 Å². The van der Waals surface area contributed by atoms with E-state index in [1.807, 2.05) is 0 Å². The minimum Gasteiger partial charge on any atom is -0.244 e. The number of rotatable bonds is 6. The molecule has 0 N–H and O–H groups in total. The van der Waals surface area contributed by atoms with Gasteiger partial charge in [-0.1, -0.05) is 46.0 Å². The van der Waals surface area contributed by atoms with Gasteiger partial charge in [0.2, 0.25) is 0 Å². The fraction of sp³-hybridized carbons (Fsp3) is 1.00. The van der Waals surface area contributed by atoms with Gasteiger partial charge in [0.25, 0.3) is 0 Å². The molecule has 2 fully saturated rings. The van der Waals surface area contributed by atoms with E-state index in [1.54, 1.807) is 0 Å². The molecule has 6 atom stereocenters. The third-order valence-corrected chi connectivity index (χ3v) is 5.90. The first-order chi connectivity index (χ1) is 9.67. The van der Waals surface area contributed by atoms with Crippen molar-refractivity contribution < 1.29 is 8.78 Å². The molecule has 0 bridgehead atoms. The average molecular weight is 286 g/mol. The van der Waals surface area contributed by atoms with Crippen molar-refractivity contribution in [3.05, 3.63) is 0 Å². The van der Waals surface area contributed by atoms with Crippen molar-refractivity contribution in [3.8, 4) is 0 Å². The van der Waals surface area contributed by atoms with E-state index in [9.17, 15) is 8.78 Å². The molecule has 2 aliphatic carbocycles. The Labute approximate surface area is 123 Å². The fourth-order valence-corrected chi connectivity index (χ4v) is 4.76. The van der Waals surface area contributed by atoms with Crippen LogP contribution in [0.1, 0.15) is 78.1 Å². The highest BCUT2D eigenvalue weighted by Gasteiger charge is 2.43. The first kappa shape index (κ1) is 16.2. The summed E-state index contributed by atoms with van der Waals surface area (Å²) in [6.07, 6.45) is 8.81. The largest absolute Gasteiger partial charge is 0.244 e. The van der Waals surface area contributed by atoms with Crippen LogP contribution in [0.2, 0.25) is 0 Å². The van der Waals surface area contributed by atoms with E-state index in [0.717, 1.165) is 31.1 Å². The van der Waals surface area contributed by atoms with E-state index in [2.05, 4.69) is 13.8 Å². The lowest BCUT2D eigenvalue weighted by atomic mass is 9.63. The molecule has 0 aliphatic heterocycles. The van der Waals surface area contributed by atoms with Crippen LogP contribution >= 0.6 is 0 Å². The predicted molar refractivity (Wildman–Crippen MR) is 81.3 cm³/mol. The Morgan fingerprint density at radius 3 is 2.45 bits per heavy atom. The molecule has 0 radical (unpaired) electrons. The van der Waals surface area contributed by atoms with Crippen LogP contribution < -0.4 is 0 Å². The quantitative estimate of drug-likeness (QED) is 0.554. The number of hydrogen-bond acceptors (Lipinski definition) is 0. The van der Waals surface area contributed by atoms with Gasteiger partial charge in [-0.25, -0.2) is 8.78 Å². The zero-order chi connectivity index (χ0) is 14.5. The number of alkyl halides is 2. The number of fused-ring (bicyclic) bond motifs is 1. The SMILES string of the molecule is CCCCC(CCC)C1CCC2C(CCC(F)C2F)C1. The molecule has 2 aliphatic rings. The first-order valence-electron chi connectivity index (χ1n) is 8.95. The van der Waals surface area contributed by atoms with E-state index in [0.29, 0.717) is 12.3 Å². The minimum atomic E-state index is -1.18. The standard InChI is InChI=1S/C18H32F2/c1-3-5-7-13(6-4-2)14-8-10-16-15(12-14)9-11-17(19)18(16)20/h13-18H,3-12H2,1-2H3. The second-order valence-corrected chi connectivity index (χ2v) is 7.23. The summed E-state index contributed by atoms with van der Waals surface area (Å²) in [4.78, 5) is 0. The summed E-state index contributed by atoms with van der Waals surface area (Å²) in [5, 5.41) is 0. The van der Waals surface area contributed by atoms with Crippen LogP contribution in [0.5, 0.6) is 0 Å². The molecule has 6 unspecified atom stereocenters. The van der Waals surface area contributed by atoms with Crippen molar-refractivity contribution in [2.75, 3.05) is 0 Å². The Kier molecular flexibility index (Phi) is 6.29. The molecule has 0 nitrogen and oxygen atoms in total. The fourth-order valence-electron chi connectivity index (χ4n) is 4.76. The predicted octanol–water partition coefficient (Wildman–Crippen LogP) is 6.10. The molecule has 20 heavy (non-hydrogen) atoms. The molecule has 0 spiro atoms. The molecule has 118 valence electrons. The van der Waals surface area contributed by atoms with Crippen LogP contribution in [0.25, 0.3) is 0 Å². The molecule has 0 aromatic carbocycles. The lowest BCUT2D eigenvalue weighted by Gasteiger charge is -2.44. The van der Waals surface area contributed by atoms with E-state index in [1.165, 1.54) is 38.5 Å². The van der Waals surface area contributed by atoms with Crippen molar-refractivity contribution >= 4 is 0 Å². The molecular formula is C18H32F2. The van der Waals surface area contributed by atoms with Crippen molar-refractivity contribution in [3.63, 3.8) is 0 Å². The number of hydrogen-bond donors (Lipinski definition) is 0. The van der Waals surface area contributed by atoms with Crippen molar-refractivity contribution in [2.45, 2.75) is 90.4 Å². The zero-order valence-electron chi connectivity index (χ0n) is 13.3. The third-order valence-electron chi connectivity index (χ3n) is 5.90. The molecule has 0 amide bonds. The number of unbranched alkanes of at least 4 members (excludes halogenated alkanes) is 1. The Bertz CT molecular complexity index is 279. The van der Waals surface area contributed by atoms with Gasteiger partial charge in [-0.15, -0.1) is 0 Å². The Hall–Kier alpha value is -0.140. The molecule has 0 saturated heterocycles. The summed E-state index contributed by atoms with van der Waals surface area (Å²) in [6, 6.07) is 0. The van der Waals surface area contributed by atoms with Crippen LogP contribution in [-0.2, 0) is 0 Å². The summed E-state index contributed by atoms with van der Waals surface area (Å²) < 4.78 is 27.5. The van der Waals surface area contributed by atoms with E-state index in [4.69, 9.17) is 0 Å². The maximum absolute atomic E-state index is 14.0. The van der Waals surface area contributed by atoms with Gasteiger partial charge in [0, 0.05) is 0 Å². The van der Waals surface area contributed by atoms with Gasteiger partial charge >= 0.3 is 0 Å². The lowest BCUT2D eigenvalue weighted by Crippen LogP contribution is -2.42. The van der Waals surface area contributed by atoms with Crippen LogP contribution in [-0.4, -0.2) is 12.3 Å². The zero-order valence-corrected chi connectivity index (χ0v) is 13.3. The maximum atomic E-state index is 14.0. The Balaban J connectivity index is 1.92. The van der Waals surface area contributed by atoms with Crippen LogP contribution in [0.3, 0.4) is 0 Å². The van der Waals surface area contributed by atoms with Gasteiger partial charge in [0.15, 0.2) is 0 Å². The molecule has 2 saturated carbocycles. The first-order valence-corrected chi connectivity index (χ1v) is 8.95. The highest BCUT2D eigenvalue weighted by molar-refractivity contribution is 4.93.